The van der Waals surface area contributed by atoms with Crippen molar-refractivity contribution in [3.8, 4) is 11.5 Å². The molecule has 0 saturated carbocycles. The minimum atomic E-state index is -1.15. The van der Waals surface area contributed by atoms with Crippen LogP contribution in [0.2, 0.25) is 0 Å². The molecule has 0 fully saturated rings. The number of amides is 1. The SMILES string of the molecule is CCOc1cc(C2C(C(=O)C(C)(C)C)=C(O)C(=O)N2c2ccc(F)cc2F)ccc1OC. The highest BCUT2D eigenvalue weighted by molar-refractivity contribution is 6.17. The third kappa shape index (κ3) is 4.04. The third-order valence-electron chi connectivity index (χ3n) is 5.11. The molecule has 1 atom stereocenters. The Labute approximate surface area is 185 Å². The predicted octanol–water partition coefficient (Wildman–Crippen LogP) is 4.89. The van der Waals surface area contributed by atoms with E-state index in [0.29, 0.717) is 29.7 Å². The van der Waals surface area contributed by atoms with E-state index in [-0.39, 0.29) is 11.3 Å². The van der Waals surface area contributed by atoms with E-state index >= 15 is 0 Å². The van der Waals surface area contributed by atoms with Gasteiger partial charge in [-0.2, -0.15) is 0 Å². The summed E-state index contributed by atoms with van der Waals surface area (Å²) in [6.07, 6.45) is 0. The van der Waals surface area contributed by atoms with Gasteiger partial charge in [0.05, 0.1) is 31.0 Å². The number of ether oxygens (including phenoxy) is 2. The van der Waals surface area contributed by atoms with E-state index < -0.39 is 40.5 Å². The number of hydrogen-bond donors (Lipinski definition) is 1. The van der Waals surface area contributed by atoms with Crippen molar-refractivity contribution >= 4 is 17.4 Å². The molecule has 1 amide bonds. The first-order valence-electron chi connectivity index (χ1n) is 10.1. The van der Waals surface area contributed by atoms with Crippen LogP contribution < -0.4 is 14.4 Å². The summed E-state index contributed by atoms with van der Waals surface area (Å²) < 4.78 is 39.1. The number of hydrogen-bond acceptors (Lipinski definition) is 5. The quantitative estimate of drug-likeness (QED) is 0.685. The number of anilines is 1. The molecule has 0 bridgehead atoms. The monoisotopic (exact) mass is 445 g/mol. The minimum Gasteiger partial charge on any atom is -0.503 e. The first-order chi connectivity index (χ1) is 15.0. The van der Waals surface area contributed by atoms with Gasteiger partial charge in [0.15, 0.2) is 23.0 Å². The molecule has 1 N–H and O–H groups in total. The van der Waals surface area contributed by atoms with Crippen molar-refractivity contribution in [1.82, 2.24) is 0 Å². The standard InChI is InChI=1S/C24H25F2NO5/c1-6-32-18-11-13(7-10-17(18)31-5)20-19(22(29)24(2,3)4)21(28)23(30)27(20)16-9-8-14(25)12-15(16)26/h7-12,20,28H,6H2,1-5H3. The van der Waals surface area contributed by atoms with Gasteiger partial charge < -0.3 is 14.6 Å². The molecule has 2 aromatic carbocycles. The predicted molar refractivity (Wildman–Crippen MR) is 115 cm³/mol. The number of methoxy groups -OCH3 is 1. The smallest absolute Gasteiger partial charge is 0.294 e. The van der Waals surface area contributed by atoms with Gasteiger partial charge in [-0.1, -0.05) is 26.8 Å². The molecule has 1 aliphatic rings. The summed E-state index contributed by atoms with van der Waals surface area (Å²) in [5.74, 6) is -3.24. The first kappa shape index (κ1) is 23.2. The van der Waals surface area contributed by atoms with Crippen molar-refractivity contribution in [3.63, 3.8) is 0 Å². The van der Waals surface area contributed by atoms with Crippen LogP contribution in [0.1, 0.15) is 39.3 Å². The summed E-state index contributed by atoms with van der Waals surface area (Å²) in [7, 11) is 1.47. The molecular formula is C24H25F2NO5. The van der Waals surface area contributed by atoms with Crippen LogP contribution >= 0.6 is 0 Å². The number of rotatable bonds is 6. The van der Waals surface area contributed by atoms with Gasteiger partial charge in [0.25, 0.3) is 5.91 Å². The Hall–Kier alpha value is -3.42. The van der Waals surface area contributed by atoms with Gasteiger partial charge in [-0.3, -0.25) is 14.5 Å². The van der Waals surface area contributed by atoms with Gasteiger partial charge in [-0.25, -0.2) is 8.78 Å². The summed E-state index contributed by atoms with van der Waals surface area (Å²) in [6.45, 7) is 7.06. The highest BCUT2D eigenvalue weighted by Gasteiger charge is 2.47. The maximum Gasteiger partial charge on any atom is 0.294 e. The average molecular weight is 445 g/mol. The highest BCUT2D eigenvalue weighted by Crippen LogP contribution is 2.45. The molecule has 1 unspecified atom stereocenters. The second-order valence-corrected chi connectivity index (χ2v) is 8.36. The van der Waals surface area contributed by atoms with Crippen molar-refractivity contribution in [2.24, 2.45) is 5.41 Å². The third-order valence-corrected chi connectivity index (χ3v) is 5.11. The van der Waals surface area contributed by atoms with Crippen molar-refractivity contribution in [3.05, 3.63) is 64.9 Å². The van der Waals surface area contributed by atoms with Gasteiger partial charge >= 0.3 is 0 Å². The number of aliphatic hydroxyl groups excluding tert-OH is 1. The van der Waals surface area contributed by atoms with Gasteiger partial charge in [-0.05, 0) is 36.8 Å². The van der Waals surface area contributed by atoms with Crippen LogP contribution in [0.15, 0.2) is 47.7 Å². The summed E-state index contributed by atoms with van der Waals surface area (Å²) >= 11 is 0. The van der Waals surface area contributed by atoms with Crippen LogP contribution in [0.5, 0.6) is 11.5 Å². The molecule has 2 aromatic rings. The van der Waals surface area contributed by atoms with Crippen molar-refractivity contribution < 1.29 is 33.0 Å². The number of Topliss-reactive ketones (excluding diaryl/α,β-unsaturated/α-hetero) is 1. The van der Waals surface area contributed by atoms with E-state index in [2.05, 4.69) is 0 Å². The fraction of sp³-hybridized carbons (Fsp3) is 0.333. The zero-order chi connectivity index (χ0) is 23.8. The van der Waals surface area contributed by atoms with Crippen LogP contribution in [-0.4, -0.2) is 30.5 Å². The van der Waals surface area contributed by atoms with Crippen LogP contribution in [0, 0.1) is 17.0 Å². The van der Waals surface area contributed by atoms with Gasteiger partial charge in [0.1, 0.15) is 11.6 Å². The fourth-order valence-electron chi connectivity index (χ4n) is 3.61. The number of carbonyl (C=O) groups excluding carboxylic acids is 2. The Morgan fingerprint density at radius 1 is 1.12 bits per heavy atom. The molecule has 0 saturated heterocycles. The van der Waals surface area contributed by atoms with E-state index in [0.717, 1.165) is 17.0 Å². The topological polar surface area (TPSA) is 76.1 Å². The number of aliphatic hydroxyl groups is 1. The second kappa shape index (κ2) is 8.61. The number of halogens is 2. The normalized spacial score (nSPS) is 16.5. The number of carbonyl (C=O) groups is 2. The fourth-order valence-corrected chi connectivity index (χ4v) is 3.61. The zero-order valence-electron chi connectivity index (χ0n) is 18.5. The lowest BCUT2D eigenvalue weighted by molar-refractivity contribution is -0.123. The number of benzene rings is 2. The van der Waals surface area contributed by atoms with Gasteiger partial charge in [0, 0.05) is 11.5 Å². The van der Waals surface area contributed by atoms with Gasteiger partial charge in [0.2, 0.25) is 0 Å². The zero-order valence-corrected chi connectivity index (χ0v) is 18.5. The molecule has 3 rings (SSSR count). The maximum atomic E-state index is 14.7. The lowest BCUT2D eigenvalue weighted by atomic mass is 9.82. The summed E-state index contributed by atoms with van der Waals surface area (Å²) in [4.78, 5) is 27.3. The number of ketones is 1. The summed E-state index contributed by atoms with van der Waals surface area (Å²) in [6, 6.07) is 6.35. The van der Waals surface area contributed by atoms with Crippen LogP contribution in [-0.2, 0) is 9.59 Å². The molecular weight excluding hydrogens is 420 g/mol. The van der Waals surface area contributed by atoms with E-state index in [1.54, 1.807) is 45.9 Å². The summed E-state index contributed by atoms with van der Waals surface area (Å²) in [5, 5.41) is 10.7. The lowest BCUT2D eigenvalue weighted by Gasteiger charge is -2.29. The molecule has 32 heavy (non-hydrogen) atoms. The number of nitrogens with zero attached hydrogens (tertiary/aromatic N) is 1. The van der Waals surface area contributed by atoms with Crippen molar-refractivity contribution in [2.45, 2.75) is 33.7 Å². The van der Waals surface area contributed by atoms with Gasteiger partial charge in [-0.15, -0.1) is 0 Å². The summed E-state index contributed by atoms with van der Waals surface area (Å²) in [5.41, 5.74) is -0.978. The molecule has 6 nitrogen and oxygen atoms in total. The largest absolute Gasteiger partial charge is 0.503 e. The molecule has 0 spiro atoms. The molecule has 0 aromatic heterocycles. The molecule has 0 aliphatic carbocycles. The Morgan fingerprint density at radius 3 is 2.38 bits per heavy atom. The first-order valence-corrected chi connectivity index (χ1v) is 10.1. The average Bonchev–Trinajstić information content (AvgIpc) is 2.98. The Bertz CT molecular complexity index is 1100. The van der Waals surface area contributed by atoms with E-state index in [1.165, 1.54) is 7.11 Å². The van der Waals surface area contributed by atoms with Crippen molar-refractivity contribution in [1.29, 1.82) is 0 Å². The van der Waals surface area contributed by atoms with E-state index in [9.17, 15) is 23.5 Å². The lowest BCUT2D eigenvalue weighted by Crippen LogP contribution is -2.33. The molecule has 8 heteroatoms. The maximum absolute atomic E-state index is 14.7. The minimum absolute atomic E-state index is 0.168. The Morgan fingerprint density at radius 2 is 1.81 bits per heavy atom. The van der Waals surface area contributed by atoms with Crippen LogP contribution in [0.4, 0.5) is 14.5 Å². The van der Waals surface area contributed by atoms with Crippen molar-refractivity contribution in [2.75, 3.05) is 18.6 Å². The van der Waals surface area contributed by atoms with E-state index in [4.69, 9.17) is 9.47 Å². The Kier molecular flexibility index (Phi) is 6.25. The molecule has 1 heterocycles. The molecule has 1 aliphatic heterocycles. The second-order valence-electron chi connectivity index (χ2n) is 8.36. The van der Waals surface area contributed by atoms with E-state index in [1.807, 2.05) is 0 Å². The Balaban J connectivity index is 2.26. The highest BCUT2D eigenvalue weighted by atomic mass is 19.1. The van der Waals surface area contributed by atoms with Crippen LogP contribution in [0.25, 0.3) is 0 Å². The van der Waals surface area contributed by atoms with Crippen LogP contribution in [0.3, 0.4) is 0 Å². The molecule has 0 radical (unpaired) electrons. The molecule has 170 valence electrons.